The van der Waals surface area contributed by atoms with Gasteiger partial charge in [0.25, 0.3) is 5.91 Å². The molecule has 2 amide bonds. The summed E-state index contributed by atoms with van der Waals surface area (Å²) in [5.74, 6) is -1.81. The second-order valence-corrected chi connectivity index (χ2v) is 8.32. The molecule has 0 fully saturated rings. The molecule has 176 valence electrons. The molecular formula is C25H30N2O6. The van der Waals surface area contributed by atoms with Crippen molar-refractivity contribution >= 4 is 18.0 Å². The smallest absolute Gasteiger partial charge is 0.408 e. The Balaban J connectivity index is 1.74. The lowest BCUT2D eigenvalue weighted by atomic mass is 9.98. The zero-order valence-corrected chi connectivity index (χ0v) is 19.3. The molecular weight excluding hydrogens is 424 g/mol. The molecule has 8 heteroatoms. The Morgan fingerprint density at radius 1 is 1.09 bits per heavy atom. The molecule has 2 atom stereocenters. The average molecular weight is 455 g/mol. The Hall–Kier alpha value is -3.39. The summed E-state index contributed by atoms with van der Waals surface area (Å²) >= 11 is 0. The molecule has 2 aromatic rings. The monoisotopic (exact) mass is 454 g/mol. The molecule has 0 aromatic heterocycles. The predicted octanol–water partition coefficient (Wildman–Crippen LogP) is 3.25. The molecule has 0 heterocycles. The fourth-order valence-electron chi connectivity index (χ4n) is 4.34. The maximum Gasteiger partial charge on any atom is 0.408 e. The van der Waals surface area contributed by atoms with Gasteiger partial charge in [-0.2, -0.15) is 0 Å². The number of rotatable bonds is 9. The summed E-state index contributed by atoms with van der Waals surface area (Å²) in [6.07, 6.45) is -0.774. The number of carboxylic acids is 1. The average Bonchev–Trinajstić information content (AvgIpc) is 3.12. The van der Waals surface area contributed by atoms with Crippen molar-refractivity contribution in [3.63, 3.8) is 0 Å². The summed E-state index contributed by atoms with van der Waals surface area (Å²) in [5, 5.41) is 11.9. The van der Waals surface area contributed by atoms with Crippen molar-refractivity contribution in [2.45, 2.75) is 38.3 Å². The number of carboxylic acid groups (broad SMARTS) is 1. The van der Waals surface area contributed by atoms with Gasteiger partial charge < -0.3 is 24.8 Å². The van der Waals surface area contributed by atoms with Gasteiger partial charge in [-0.05, 0) is 43.0 Å². The lowest BCUT2D eigenvalue weighted by Crippen LogP contribution is -2.62. The van der Waals surface area contributed by atoms with E-state index in [0.29, 0.717) is 0 Å². The number of hydrogen-bond donors (Lipinski definition) is 2. The molecule has 8 nitrogen and oxygen atoms in total. The van der Waals surface area contributed by atoms with Gasteiger partial charge in [-0.25, -0.2) is 9.59 Å². The van der Waals surface area contributed by atoms with Gasteiger partial charge in [-0.1, -0.05) is 48.5 Å². The van der Waals surface area contributed by atoms with Gasteiger partial charge in [0.1, 0.15) is 18.2 Å². The summed E-state index contributed by atoms with van der Waals surface area (Å²) in [4.78, 5) is 38.5. The summed E-state index contributed by atoms with van der Waals surface area (Å²) in [5.41, 5.74) is 2.90. The molecule has 0 bridgehead atoms. The molecule has 0 saturated heterocycles. The number of carbonyl (C=O) groups excluding carboxylic acids is 2. The largest absolute Gasteiger partial charge is 0.480 e. The molecule has 2 aromatic carbocycles. The first-order valence-electron chi connectivity index (χ1n) is 10.9. The van der Waals surface area contributed by atoms with E-state index in [-0.39, 0.29) is 25.7 Å². The Morgan fingerprint density at radius 2 is 1.64 bits per heavy atom. The lowest BCUT2D eigenvalue weighted by molar-refractivity contribution is -0.153. The van der Waals surface area contributed by atoms with E-state index >= 15 is 0 Å². The number of alkyl carbamates (subject to hydrolysis) is 1. The second-order valence-electron chi connectivity index (χ2n) is 8.32. The molecule has 3 rings (SSSR count). The fourth-order valence-corrected chi connectivity index (χ4v) is 4.34. The third-order valence-electron chi connectivity index (χ3n) is 6.05. The van der Waals surface area contributed by atoms with Crippen LogP contribution in [0, 0.1) is 0 Å². The Labute approximate surface area is 193 Å². The zero-order chi connectivity index (χ0) is 24.2. The van der Waals surface area contributed by atoms with Crippen molar-refractivity contribution in [3.8, 4) is 11.1 Å². The Bertz CT molecular complexity index is 994. The van der Waals surface area contributed by atoms with Crippen molar-refractivity contribution < 1.29 is 29.0 Å². The van der Waals surface area contributed by atoms with Gasteiger partial charge in [-0.3, -0.25) is 4.79 Å². The van der Waals surface area contributed by atoms with E-state index in [1.54, 1.807) is 6.92 Å². The van der Waals surface area contributed by atoms with Crippen LogP contribution in [0.15, 0.2) is 48.5 Å². The lowest BCUT2D eigenvalue weighted by Gasteiger charge is -2.35. The number of hydrogen-bond acceptors (Lipinski definition) is 5. The molecule has 0 aliphatic heterocycles. The van der Waals surface area contributed by atoms with Gasteiger partial charge in [0.05, 0.1) is 6.61 Å². The van der Waals surface area contributed by atoms with Crippen molar-refractivity contribution in [3.05, 3.63) is 59.7 Å². The van der Waals surface area contributed by atoms with Crippen molar-refractivity contribution in [1.82, 2.24) is 10.2 Å². The van der Waals surface area contributed by atoms with Crippen LogP contribution in [-0.2, 0) is 19.1 Å². The van der Waals surface area contributed by atoms with Crippen LogP contribution in [-0.4, -0.2) is 66.4 Å². The molecule has 2 unspecified atom stereocenters. The van der Waals surface area contributed by atoms with Crippen LogP contribution in [0.25, 0.3) is 11.1 Å². The van der Waals surface area contributed by atoms with Crippen LogP contribution in [0.2, 0.25) is 0 Å². The number of benzene rings is 2. The highest BCUT2D eigenvalue weighted by Gasteiger charge is 2.41. The van der Waals surface area contributed by atoms with Gasteiger partial charge in [0, 0.05) is 19.6 Å². The Morgan fingerprint density at radius 3 is 2.12 bits per heavy atom. The molecule has 0 radical (unpaired) electrons. The SMILES string of the molecule is CCN(C(=O)C(C)(COC)NC(=O)OCC1c2ccccc2-c2ccccc21)C(C)C(=O)O. The highest BCUT2D eigenvalue weighted by atomic mass is 16.5. The number of likely N-dealkylation sites (N-methyl/N-ethyl adjacent to an activating group) is 1. The number of amides is 2. The van der Waals surface area contributed by atoms with Crippen LogP contribution in [0.1, 0.15) is 37.8 Å². The van der Waals surface area contributed by atoms with Crippen molar-refractivity contribution in [2.75, 3.05) is 26.9 Å². The number of fused-ring (bicyclic) bond motifs is 3. The summed E-state index contributed by atoms with van der Waals surface area (Å²) < 4.78 is 10.7. The first kappa shape index (κ1) is 24.3. The normalized spacial score (nSPS) is 15.0. The van der Waals surface area contributed by atoms with E-state index in [0.717, 1.165) is 22.3 Å². The second kappa shape index (κ2) is 10.0. The van der Waals surface area contributed by atoms with Crippen LogP contribution >= 0.6 is 0 Å². The third kappa shape index (κ3) is 4.85. The quantitative estimate of drug-likeness (QED) is 0.603. The Kier molecular flexibility index (Phi) is 7.38. The molecule has 33 heavy (non-hydrogen) atoms. The van der Waals surface area contributed by atoms with Crippen LogP contribution < -0.4 is 5.32 Å². The summed E-state index contributed by atoms with van der Waals surface area (Å²) in [6.45, 7) is 4.72. The summed E-state index contributed by atoms with van der Waals surface area (Å²) in [7, 11) is 1.40. The van der Waals surface area contributed by atoms with Crippen molar-refractivity contribution in [2.24, 2.45) is 0 Å². The van der Waals surface area contributed by atoms with E-state index in [1.807, 2.05) is 48.5 Å². The van der Waals surface area contributed by atoms with Crippen LogP contribution in [0.4, 0.5) is 4.79 Å². The van der Waals surface area contributed by atoms with E-state index in [2.05, 4.69) is 5.32 Å². The minimum absolute atomic E-state index is 0.0974. The number of methoxy groups -OCH3 is 1. The maximum atomic E-state index is 13.2. The molecule has 0 spiro atoms. The van der Waals surface area contributed by atoms with E-state index in [1.165, 1.54) is 25.9 Å². The van der Waals surface area contributed by atoms with Crippen LogP contribution in [0.3, 0.4) is 0 Å². The maximum absolute atomic E-state index is 13.2. The molecule has 2 N–H and O–H groups in total. The topological polar surface area (TPSA) is 105 Å². The fraction of sp³-hybridized carbons (Fsp3) is 0.400. The number of ether oxygens (including phenoxy) is 2. The van der Waals surface area contributed by atoms with Crippen LogP contribution in [0.5, 0.6) is 0 Å². The standard InChI is InChI=1S/C25H30N2O6/c1-5-27(16(2)22(28)29)23(30)25(3,15-32-4)26-24(31)33-14-21-19-12-8-6-10-17(19)18-11-7-9-13-20(18)21/h6-13,16,21H,5,14-15H2,1-4H3,(H,26,31)(H,28,29). The minimum Gasteiger partial charge on any atom is -0.480 e. The zero-order valence-electron chi connectivity index (χ0n) is 19.3. The molecule has 1 aliphatic rings. The number of nitrogens with one attached hydrogen (secondary N) is 1. The number of nitrogens with zero attached hydrogens (tertiary/aromatic N) is 1. The van der Waals surface area contributed by atoms with Gasteiger partial charge >= 0.3 is 12.1 Å². The van der Waals surface area contributed by atoms with Gasteiger partial charge in [0.15, 0.2) is 0 Å². The number of aliphatic carboxylic acids is 1. The first-order valence-corrected chi connectivity index (χ1v) is 10.9. The predicted molar refractivity (Wildman–Crippen MR) is 123 cm³/mol. The molecule has 1 aliphatic carbocycles. The molecule has 0 saturated carbocycles. The van der Waals surface area contributed by atoms with Crippen molar-refractivity contribution in [1.29, 1.82) is 0 Å². The summed E-state index contributed by atoms with van der Waals surface area (Å²) in [6, 6.07) is 14.9. The third-order valence-corrected chi connectivity index (χ3v) is 6.05. The minimum atomic E-state index is -1.49. The van der Waals surface area contributed by atoms with E-state index in [9.17, 15) is 19.5 Å². The van der Waals surface area contributed by atoms with E-state index < -0.39 is 29.6 Å². The van der Waals surface area contributed by atoms with E-state index in [4.69, 9.17) is 9.47 Å². The van der Waals surface area contributed by atoms with Gasteiger partial charge in [-0.15, -0.1) is 0 Å². The van der Waals surface area contributed by atoms with Gasteiger partial charge in [0.2, 0.25) is 0 Å². The highest BCUT2D eigenvalue weighted by Crippen LogP contribution is 2.44. The first-order chi connectivity index (χ1) is 15.7. The number of carbonyl (C=O) groups is 3. The highest BCUT2D eigenvalue weighted by molar-refractivity contribution is 5.92.